The zero-order valence-electron chi connectivity index (χ0n) is 19.6. The Balaban J connectivity index is 1.50. The Morgan fingerprint density at radius 3 is 2.57 bits per heavy atom. The van der Waals surface area contributed by atoms with E-state index in [0.717, 1.165) is 38.0 Å². The maximum absolute atomic E-state index is 11.9. The molecule has 4 rings (SSSR count). The van der Waals surface area contributed by atoms with Crippen LogP contribution in [0.1, 0.15) is 91.9 Å². The van der Waals surface area contributed by atoms with E-state index in [0.29, 0.717) is 42.6 Å². The van der Waals surface area contributed by atoms with E-state index in [9.17, 15) is 15.0 Å². The van der Waals surface area contributed by atoms with Gasteiger partial charge in [0.25, 0.3) is 0 Å². The molecule has 0 heterocycles. The molecule has 0 aliphatic heterocycles. The Morgan fingerprint density at radius 2 is 1.83 bits per heavy atom. The topological polar surface area (TPSA) is 66.8 Å². The molecular formula is C26H44O4. The standard InChI is InChI=1S/C26H44O4/c1-5-30-24(29)11-6-16(2)20-9-10-21-19-8-7-17-14-18(27)12-13-25(17,3)22(19)15-23(28)26(20,21)4/h16-23,27-28H,5-15H2,1-4H3/t16-,17?,18-,19?,20-,21?,22+,23+,25?,26?/m1/s1. The summed E-state index contributed by atoms with van der Waals surface area (Å²) < 4.78 is 5.14. The monoisotopic (exact) mass is 420 g/mol. The smallest absolute Gasteiger partial charge is 0.305 e. The molecule has 0 spiro atoms. The van der Waals surface area contributed by atoms with Crippen molar-refractivity contribution >= 4 is 5.97 Å². The molecular weight excluding hydrogens is 376 g/mol. The Labute approximate surface area is 183 Å². The molecule has 0 aromatic carbocycles. The van der Waals surface area contributed by atoms with Gasteiger partial charge in [0.1, 0.15) is 0 Å². The summed E-state index contributed by atoms with van der Waals surface area (Å²) in [5.74, 6) is 3.39. The lowest BCUT2D eigenvalue weighted by Crippen LogP contribution is -2.58. The van der Waals surface area contributed by atoms with Crippen LogP contribution in [0.5, 0.6) is 0 Å². The molecule has 5 unspecified atom stereocenters. The molecule has 30 heavy (non-hydrogen) atoms. The lowest BCUT2D eigenvalue weighted by Gasteiger charge is -2.62. The van der Waals surface area contributed by atoms with Gasteiger partial charge in [-0.05, 0) is 111 Å². The van der Waals surface area contributed by atoms with Gasteiger partial charge in [-0.3, -0.25) is 4.79 Å². The zero-order chi connectivity index (χ0) is 21.7. The third kappa shape index (κ3) is 3.54. The first-order valence-electron chi connectivity index (χ1n) is 12.7. The highest BCUT2D eigenvalue weighted by Gasteiger charge is 2.63. The fourth-order valence-corrected chi connectivity index (χ4v) is 8.94. The number of aliphatic hydroxyl groups excluding tert-OH is 2. The van der Waals surface area contributed by atoms with Gasteiger partial charge in [-0.25, -0.2) is 0 Å². The van der Waals surface area contributed by atoms with Gasteiger partial charge in [-0.2, -0.15) is 0 Å². The van der Waals surface area contributed by atoms with Crippen LogP contribution in [0.2, 0.25) is 0 Å². The molecule has 4 saturated carbocycles. The Kier molecular flexibility index (Phi) is 6.31. The summed E-state index contributed by atoms with van der Waals surface area (Å²) in [5.41, 5.74) is 0.269. The molecule has 0 amide bonds. The second-order valence-electron chi connectivity index (χ2n) is 11.7. The number of aliphatic hydroxyl groups is 2. The molecule has 4 aliphatic rings. The van der Waals surface area contributed by atoms with Crippen LogP contribution in [-0.4, -0.2) is 35.0 Å². The molecule has 0 saturated heterocycles. The molecule has 4 aliphatic carbocycles. The minimum atomic E-state index is -0.247. The van der Waals surface area contributed by atoms with E-state index in [1.807, 2.05) is 6.92 Å². The van der Waals surface area contributed by atoms with Crippen LogP contribution in [-0.2, 0) is 9.53 Å². The van der Waals surface area contributed by atoms with E-state index < -0.39 is 0 Å². The van der Waals surface area contributed by atoms with E-state index in [4.69, 9.17) is 4.74 Å². The van der Waals surface area contributed by atoms with Gasteiger partial charge in [-0.1, -0.05) is 20.8 Å². The Morgan fingerprint density at radius 1 is 1.07 bits per heavy atom. The predicted octanol–water partition coefficient (Wildman–Crippen LogP) is 4.96. The summed E-state index contributed by atoms with van der Waals surface area (Å²) in [6.45, 7) is 9.45. The van der Waals surface area contributed by atoms with Crippen molar-refractivity contribution < 1.29 is 19.7 Å². The highest BCUT2D eigenvalue weighted by atomic mass is 16.5. The highest BCUT2D eigenvalue weighted by Crippen LogP contribution is 2.68. The van der Waals surface area contributed by atoms with Crippen LogP contribution in [0, 0.1) is 46.3 Å². The van der Waals surface area contributed by atoms with E-state index >= 15 is 0 Å². The molecule has 0 bridgehead atoms. The van der Waals surface area contributed by atoms with E-state index in [1.165, 1.54) is 25.7 Å². The fourth-order valence-electron chi connectivity index (χ4n) is 8.94. The molecule has 4 fully saturated rings. The van der Waals surface area contributed by atoms with Crippen molar-refractivity contribution in [1.29, 1.82) is 0 Å². The number of rotatable bonds is 5. The number of carbonyl (C=O) groups excluding carboxylic acids is 1. The average Bonchev–Trinajstić information content (AvgIpc) is 3.07. The van der Waals surface area contributed by atoms with Crippen molar-refractivity contribution in [2.45, 2.75) is 104 Å². The van der Waals surface area contributed by atoms with Gasteiger partial charge >= 0.3 is 5.97 Å². The first-order chi connectivity index (χ1) is 14.2. The molecule has 0 aromatic rings. The van der Waals surface area contributed by atoms with Crippen LogP contribution in [0.4, 0.5) is 0 Å². The minimum absolute atomic E-state index is 0.0212. The number of fused-ring (bicyclic) bond motifs is 5. The average molecular weight is 421 g/mol. The molecule has 0 aromatic heterocycles. The Bertz CT molecular complexity index is 635. The summed E-state index contributed by atoms with van der Waals surface area (Å²) in [6.07, 6.45) is 9.88. The lowest BCUT2D eigenvalue weighted by molar-refractivity contribution is -0.175. The van der Waals surface area contributed by atoms with Crippen molar-refractivity contribution in [3.63, 3.8) is 0 Å². The number of hydrogen-bond acceptors (Lipinski definition) is 4. The van der Waals surface area contributed by atoms with Crippen LogP contribution >= 0.6 is 0 Å². The number of carbonyl (C=O) groups is 1. The van der Waals surface area contributed by atoms with Crippen molar-refractivity contribution in [3.8, 4) is 0 Å². The van der Waals surface area contributed by atoms with Crippen molar-refractivity contribution in [1.82, 2.24) is 0 Å². The summed E-state index contributed by atoms with van der Waals surface area (Å²) in [7, 11) is 0. The van der Waals surface area contributed by atoms with Crippen molar-refractivity contribution in [3.05, 3.63) is 0 Å². The lowest BCUT2D eigenvalue weighted by atomic mass is 9.43. The summed E-state index contributed by atoms with van der Waals surface area (Å²) >= 11 is 0. The van der Waals surface area contributed by atoms with Gasteiger partial charge in [0.2, 0.25) is 0 Å². The normalized spacial score (nSPS) is 48.9. The zero-order valence-corrected chi connectivity index (χ0v) is 19.6. The molecule has 0 radical (unpaired) electrons. The molecule has 2 N–H and O–H groups in total. The number of esters is 1. The number of ether oxygens (including phenoxy) is 1. The molecule has 10 atom stereocenters. The predicted molar refractivity (Wildman–Crippen MR) is 118 cm³/mol. The van der Waals surface area contributed by atoms with Gasteiger partial charge < -0.3 is 14.9 Å². The van der Waals surface area contributed by atoms with Crippen LogP contribution in [0.25, 0.3) is 0 Å². The maximum Gasteiger partial charge on any atom is 0.305 e. The Hall–Kier alpha value is -0.610. The number of hydrogen-bond donors (Lipinski definition) is 2. The fraction of sp³-hybridized carbons (Fsp3) is 0.962. The van der Waals surface area contributed by atoms with E-state index in [-0.39, 0.29) is 29.0 Å². The quantitative estimate of drug-likeness (QED) is 0.617. The molecule has 172 valence electrons. The summed E-state index contributed by atoms with van der Waals surface area (Å²) in [5, 5.41) is 21.8. The molecule has 4 heteroatoms. The second-order valence-corrected chi connectivity index (χ2v) is 11.7. The van der Waals surface area contributed by atoms with Crippen molar-refractivity contribution in [2.24, 2.45) is 46.3 Å². The molecule has 4 nitrogen and oxygen atoms in total. The first kappa shape index (κ1) is 22.6. The van der Waals surface area contributed by atoms with E-state index in [1.54, 1.807) is 0 Å². The largest absolute Gasteiger partial charge is 0.466 e. The third-order valence-electron chi connectivity index (χ3n) is 10.6. The van der Waals surface area contributed by atoms with Crippen LogP contribution in [0.15, 0.2) is 0 Å². The van der Waals surface area contributed by atoms with Gasteiger partial charge in [0.05, 0.1) is 18.8 Å². The first-order valence-corrected chi connectivity index (χ1v) is 12.7. The summed E-state index contributed by atoms with van der Waals surface area (Å²) in [6, 6.07) is 0. The maximum atomic E-state index is 11.9. The minimum Gasteiger partial charge on any atom is -0.466 e. The van der Waals surface area contributed by atoms with Crippen LogP contribution in [0.3, 0.4) is 0 Å². The SMILES string of the molecule is CCOC(=O)CC[C@@H](C)[C@H]1CCC2C3CCC4C[C@H](O)CCC4(C)[C@H]3C[C@H](O)C21C. The third-order valence-corrected chi connectivity index (χ3v) is 10.6. The summed E-state index contributed by atoms with van der Waals surface area (Å²) in [4.78, 5) is 11.9. The highest BCUT2D eigenvalue weighted by molar-refractivity contribution is 5.69. The second kappa shape index (κ2) is 8.39. The van der Waals surface area contributed by atoms with Crippen molar-refractivity contribution in [2.75, 3.05) is 6.61 Å². The van der Waals surface area contributed by atoms with Crippen LogP contribution < -0.4 is 0 Å². The van der Waals surface area contributed by atoms with Gasteiger partial charge in [0, 0.05) is 6.42 Å². The van der Waals surface area contributed by atoms with Gasteiger partial charge in [0.15, 0.2) is 0 Å². The van der Waals surface area contributed by atoms with E-state index in [2.05, 4.69) is 20.8 Å². The van der Waals surface area contributed by atoms with Gasteiger partial charge in [-0.15, -0.1) is 0 Å².